The number of para-hydroxylation sites is 2. The van der Waals surface area contributed by atoms with E-state index < -0.39 is 0 Å². The van der Waals surface area contributed by atoms with E-state index in [1.165, 1.54) is 10.7 Å². The third-order valence-electron chi connectivity index (χ3n) is 4.94. The summed E-state index contributed by atoms with van der Waals surface area (Å²) in [6.07, 6.45) is 4.58. The fourth-order valence-corrected chi connectivity index (χ4v) is 3.38. The summed E-state index contributed by atoms with van der Waals surface area (Å²) in [6, 6.07) is 23.4. The van der Waals surface area contributed by atoms with E-state index >= 15 is 0 Å². The third kappa shape index (κ3) is 4.51. The first-order valence-corrected chi connectivity index (χ1v) is 10.2. The molecule has 1 N–H and O–H groups in total. The van der Waals surface area contributed by atoms with Crippen LogP contribution >= 0.6 is 0 Å². The number of halogens is 1. The van der Waals surface area contributed by atoms with E-state index in [2.05, 4.69) is 5.10 Å². The smallest absolute Gasteiger partial charge is 0.279 e. The van der Waals surface area contributed by atoms with Gasteiger partial charge in [-0.1, -0.05) is 67.6 Å². The second-order valence-electron chi connectivity index (χ2n) is 7.09. The molecule has 0 saturated carbocycles. The number of aromatic amines is 1. The quantitative estimate of drug-likeness (QED) is 0.520. The van der Waals surface area contributed by atoms with Gasteiger partial charge in [-0.05, 0) is 36.8 Å². The average Bonchev–Trinajstić information content (AvgIpc) is 3.10. The van der Waals surface area contributed by atoms with Gasteiger partial charge in [0.05, 0.1) is 16.3 Å². The Kier molecular flexibility index (Phi) is 6.13. The van der Waals surface area contributed by atoms with E-state index in [4.69, 9.17) is 4.74 Å². The number of hydrogen-bond acceptors (Lipinski definition) is 2. The van der Waals surface area contributed by atoms with E-state index in [1.807, 2.05) is 73.7 Å². The number of benzene rings is 3. The van der Waals surface area contributed by atoms with Crippen LogP contribution in [0.25, 0.3) is 17.8 Å². The van der Waals surface area contributed by atoms with Crippen LogP contribution < -0.4 is 20.9 Å². The predicted octanol–water partition coefficient (Wildman–Crippen LogP) is 3.90. The van der Waals surface area contributed by atoms with Gasteiger partial charge in [-0.3, -0.25) is 9.89 Å². The molecular weight excluding hydrogens is 391 g/mol. The van der Waals surface area contributed by atoms with Gasteiger partial charge in [0.25, 0.3) is 5.56 Å². The van der Waals surface area contributed by atoms with Gasteiger partial charge in [-0.2, -0.15) is 0 Å². The zero-order valence-corrected chi connectivity index (χ0v) is 17.2. The SMILES string of the molecule is CC/C=c1/[nH]n(-c2ccccc2)c(=O)/c1=C\c1ccccc1OCc1ccccc1F. The minimum atomic E-state index is -0.305. The molecule has 156 valence electrons. The van der Waals surface area contributed by atoms with Gasteiger partial charge in [-0.15, -0.1) is 0 Å². The summed E-state index contributed by atoms with van der Waals surface area (Å²) in [7, 11) is 0. The van der Waals surface area contributed by atoms with Crippen LogP contribution in [0.2, 0.25) is 0 Å². The Morgan fingerprint density at radius 3 is 2.45 bits per heavy atom. The summed E-state index contributed by atoms with van der Waals surface area (Å²) >= 11 is 0. The summed E-state index contributed by atoms with van der Waals surface area (Å²) in [6.45, 7) is 2.13. The Balaban J connectivity index is 1.77. The molecule has 0 bridgehead atoms. The number of nitrogens with zero attached hydrogens (tertiary/aromatic N) is 1. The molecular formula is C26H23FN2O2. The molecule has 0 aliphatic rings. The van der Waals surface area contributed by atoms with Crippen LogP contribution in [0.4, 0.5) is 4.39 Å². The monoisotopic (exact) mass is 414 g/mol. The summed E-state index contributed by atoms with van der Waals surface area (Å²) in [5.41, 5.74) is 1.85. The molecule has 31 heavy (non-hydrogen) atoms. The lowest BCUT2D eigenvalue weighted by Gasteiger charge is -2.09. The van der Waals surface area contributed by atoms with Gasteiger partial charge in [0.15, 0.2) is 0 Å². The molecule has 4 rings (SSSR count). The zero-order valence-electron chi connectivity index (χ0n) is 17.2. The second kappa shape index (κ2) is 9.30. The molecule has 0 aliphatic carbocycles. The van der Waals surface area contributed by atoms with Gasteiger partial charge in [-0.25, -0.2) is 9.07 Å². The van der Waals surface area contributed by atoms with Crippen molar-refractivity contribution in [1.82, 2.24) is 9.78 Å². The molecule has 3 aromatic carbocycles. The van der Waals surface area contributed by atoms with Crippen molar-refractivity contribution in [3.8, 4) is 11.4 Å². The van der Waals surface area contributed by atoms with Crippen LogP contribution in [0, 0.1) is 5.82 Å². The Morgan fingerprint density at radius 1 is 0.968 bits per heavy atom. The molecule has 0 radical (unpaired) electrons. The fraction of sp³-hybridized carbons (Fsp3) is 0.115. The van der Waals surface area contributed by atoms with Gasteiger partial charge < -0.3 is 4.74 Å². The number of aromatic nitrogens is 2. The normalized spacial score (nSPS) is 12.3. The molecule has 0 saturated heterocycles. The van der Waals surface area contributed by atoms with Crippen molar-refractivity contribution in [3.05, 3.63) is 117 Å². The predicted molar refractivity (Wildman–Crippen MR) is 121 cm³/mol. The lowest BCUT2D eigenvalue weighted by molar-refractivity contribution is 0.299. The van der Waals surface area contributed by atoms with Crippen molar-refractivity contribution in [2.75, 3.05) is 0 Å². The van der Waals surface area contributed by atoms with Crippen LogP contribution in [0.15, 0.2) is 83.7 Å². The van der Waals surface area contributed by atoms with Crippen molar-refractivity contribution in [1.29, 1.82) is 0 Å². The van der Waals surface area contributed by atoms with Crippen LogP contribution in [0.3, 0.4) is 0 Å². The number of H-pyrrole nitrogens is 1. The maximum Gasteiger partial charge on any atom is 0.279 e. The highest BCUT2D eigenvalue weighted by atomic mass is 19.1. The second-order valence-corrected chi connectivity index (χ2v) is 7.09. The minimum Gasteiger partial charge on any atom is -0.488 e. The summed E-state index contributed by atoms with van der Waals surface area (Å²) in [5, 5.41) is 4.50. The van der Waals surface area contributed by atoms with Crippen LogP contribution in [-0.2, 0) is 6.61 Å². The van der Waals surface area contributed by atoms with Gasteiger partial charge in [0.2, 0.25) is 0 Å². The van der Waals surface area contributed by atoms with Crippen molar-refractivity contribution in [2.24, 2.45) is 0 Å². The molecule has 0 fully saturated rings. The topological polar surface area (TPSA) is 47.0 Å². The lowest BCUT2D eigenvalue weighted by atomic mass is 10.1. The Morgan fingerprint density at radius 2 is 1.68 bits per heavy atom. The fourth-order valence-electron chi connectivity index (χ4n) is 3.38. The van der Waals surface area contributed by atoms with Crippen molar-refractivity contribution >= 4 is 12.2 Å². The Bertz CT molecular complexity index is 1350. The van der Waals surface area contributed by atoms with Crippen molar-refractivity contribution < 1.29 is 9.13 Å². The van der Waals surface area contributed by atoms with Crippen molar-refractivity contribution in [3.63, 3.8) is 0 Å². The van der Waals surface area contributed by atoms with E-state index in [-0.39, 0.29) is 18.0 Å². The molecule has 1 heterocycles. The van der Waals surface area contributed by atoms with E-state index in [0.29, 0.717) is 16.5 Å². The highest BCUT2D eigenvalue weighted by Crippen LogP contribution is 2.20. The lowest BCUT2D eigenvalue weighted by Crippen LogP contribution is -2.34. The summed E-state index contributed by atoms with van der Waals surface area (Å²) < 4.78 is 21.4. The third-order valence-corrected chi connectivity index (χ3v) is 4.94. The number of rotatable bonds is 6. The molecule has 4 nitrogen and oxygen atoms in total. The van der Waals surface area contributed by atoms with Crippen LogP contribution in [0.1, 0.15) is 24.5 Å². The first-order valence-electron chi connectivity index (χ1n) is 10.2. The molecule has 0 aliphatic heterocycles. The molecule has 5 heteroatoms. The molecule has 0 amide bonds. The molecule has 0 atom stereocenters. The van der Waals surface area contributed by atoms with Gasteiger partial charge in [0, 0.05) is 11.1 Å². The van der Waals surface area contributed by atoms with E-state index in [1.54, 1.807) is 18.2 Å². The molecule has 1 aromatic heterocycles. The number of ether oxygens (including phenoxy) is 1. The Hall–Kier alpha value is -3.86. The number of nitrogens with one attached hydrogen (secondary N) is 1. The standard InChI is InChI=1S/C26H23FN2O2/c1-2-10-24-22(26(30)29(28-24)21-13-4-3-5-14-21)17-19-11-7-9-16-25(19)31-18-20-12-6-8-15-23(20)27/h3-17,28H,2,18H2,1H3/b22-17-,24-10+. The van der Waals surface area contributed by atoms with E-state index in [0.717, 1.165) is 23.0 Å². The van der Waals surface area contributed by atoms with Crippen LogP contribution in [-0.4, -0.2) is 9.78 Å². The average molecular weight is 414 g/mol. The maximum atomic E-state index is 14.0. The van der Waals surface area contributed by atoms with Crippen molar-refractivity contribution in [2.45, 2.75) is 20.0 Å². The highest BCUT2D eigenvalue weighted by molar-refractivity contribution is 5.57. The number of hydrogen-bond donors (Lipinski definition) is 1. The summed E-state index contributed by atoms with van der Waals surface area (Å²) in [5.74, 6) is 0.278. The Labute approximate surface area is 179 Å². The summed E-state index contributed by atoms with van der Waals surface area (Å²) in [4.78, 5) is 13.2. The van der Waals surface area contributed by atoms with E-state index in [9.17, 15) is 9.18 Å². The highest BCUT2D eigenvalue weighted by Gasteiger charge is 2.08. The molecule has 4 aromatic rings. The van der Waals surface area contributed by atoms with Gasteiger partial charge >= 0.3 is 0 Å². The van der Waals surface area contributed by atoms with Crippen LogP contribution in [0.5, 0.6) is 5.75 Å². The van der Waals surface area contributed by atoms with Gasteiger partial charge in [0.1, 0.15) is 18.2 Å². The minimum absolute atomic E-state index is 0.104. The molecule has 0 unspecified atom stereocenters. The molecule has 0 spiro atoms. The largest absolute Gasteiger partial charge is 0.488 e. The maximum absolute atomic E-state index is 14.0. The zero-order chi connectivity index (χ0) is 21.6. The first-order chi connectivity index (χ1) is 15.2. The first kappa shape index (κ1) is 20.4.